The molecular formula is C12H12F3N5O2. The lowest BCUT2D eigenvalue weighted by atomic mass is 9.87. The maximum atomic E-state index is 12.7. The van der Waals surface area contributed by atoms with Crippen LogP contribution in [-0.2, 0) is 6.18 Å². The van der Waals surface area contributed by atoms with Crippen LogP contribution >= 0.6 is 0 Å². The smallest absolute Gasteiger partial charge is 0.378 e. The molecule has 0 saturated heterocycles. The molecule has 1 aliphatic heterocycles. The minimum atomic E-state index is -4.56. The molecule has 1 aromatic heterocycles. The van der Waals surface area contributed by atoms with E-state index < -0.39 is 33.7 Å². The van der Waals surface area contributed by atoms with E-state index in [-0.39, 0.29) is 17.7 Å². The SMILES string of the molecule is CC1(N)CC(c2cncc(C(F)(F)F)c2)=NC(N)=C1[N+](=O)[O-]. The van der Waals surface area contributed by atoms with E-state index in [1.54, 1.807) is 0 Å². The molecule has 7 nitrogen and oxygen atoms in total. The van der Waals surface area contributed by atoms with E-state index in [2.05, 4.69) is 9.98 Å². The van der Waals surface area contributed by atoms with Crippen LogP contribution in [0.2, 0.25) is 0 Å². The molecule has 1 aromatic rings. The zero-order chi connectivity index (χ0) is 16.7. The van der Waals surface area contributed by atoms with Gasteiger partial charge < -0.3 is 11.5 Å². The number of halogens is 3. The van der Waals surface area contributed by atoms with Gasteiger partial charge in [0.05, 0.1) is 16.2 Å². The second-order valence-electron chi connectivity index (χ2n) is 5.10. The fourth-order valence-electron chi connectivity index (χ4n) is 2.18. The summed E-state index contributed by atoms with van der Waals surface area (Å²) in [6, 6.07) is 0.854. The van der Waals surface area contributed by atoms with Crippen LogP contribution in [0.15, 0.2) is 35.0 Å². The molecule has 10 heteroatoms. The predicted molar refractivity (Wildman–Crippen MR) is 71.2 cm³/mol. The van der Waals surface area contributed by atoms with E-state index in [1.807, 2.05) is 0 Å². The van der Waals surface area contributed by atoms with Crippen molar-refractivity contribution in [3.63, 3.8) is 0 Å². The first-order valence-corrected chi connectivity index (χ1v) is 6.06. The van der Waals surface area contributed by atoms with Gasteiger partial charge in [-0.15, -0.1) is 0 Å². The van der Waals surface area contributed by atoms with Crippen LogP contribution in [0.5, 0.6) is 0 Å². The van der Waals surface area contributed by atoms with E-state index in [4.69, 9.17) is 11.5 Å². The maximum Gasteiger partial charge on any atom is 0.417 e. The molecule has 0 saturated carbocycles. The monoisotopic (exact) mass is 315 g/mol. The summed E-state index contributed by atoms with van der Waals surface area (Å²) in [5.74, 6) is -0.423. The number of nitrogens with zero attached hydrogens (tertiary/aromatic N) is 3. The number of aliphatic imine (C=N–C) groups is 1. The van der Waals surface area contributed by atoms with E-state index >= 15 is 0 Å². The Bertz CT molecular complexity index is 694. The molecule has 2 rings (SSSR count). The number of rotatable bonds is 2. The van der Waals surface area contributed by atoms with Crippen molar-refractivity contribution in [2.75, 3.05) is 0 Å². The first-order chi connectivity index (χ1) is 10.0. The van der Waals surface area contributed by atoms with E-state index in [0.29, 0.717) is 6.20 Å². The minimum absolute atomic E-state index is 0.0665. The van der Waals surface area contributed by atoms with Crippen LogP contribution in [0.3, 0.4) is 0 Å². The molecule has 1 atom stereocenters. The van der Waals surface area contributed by atoms with Gasteiger partial charge in [0.25, 0.3) is 0 Å². The highest BCUT2D eigenvalue weighted by molar-refractivity contribution is 6.02. The number of pyridine rings is 1. The lowest BCUT2D eigenvalue weighted by Gasteiger charge is -2.26. The summed E-state index contributed by atoms with van der Waals surface area (Å²) >= 11 is 0. The zero-order valence-electron chi connectivity index (χ0n) is 11.4. The van der Waals surface area contributed by atoms with Gasteiger partial charge in [0.2, 0.25) is 5.82 Å². The highest BCUT2D eigenvalue weighted by Gasteiger charge is 2.42. The van der Waals surface area contributed by atoms with E-state index in [1.165, 1.54) is 13.1 Å². The Hall–Kier alpha value is -2.49. The Labute approximate surface area is 122 Å². The summed E-state index contributed by atoms with van der Waals surface area (Å²) in [7, 11) is 0. The van der Waals surface area contributed by atoms with Gasteiger partial charge in [-0.3, -0.25) is 15.1 Å². The average molecular weight is 315 g/mol. The van der Waals surface area contributed by atoms with Crippen molar-refractivity contribution < 1.29 is 18.1 Å². The lowest BCUT2D eigenvalue weighted by Crippen LogP contribution is -2.47. The van der Waals surface area contributed by atoms with Gasteiger partial charge in [0.15, 0.2) is 0 Å². The lowest BCUT2D eigenvalue weighted by molar-refractivity contribution is -0.436. The van der Waals surface area contributed by atoms with Gasteiger partial charge in [-0.25, -0.2) is 4.99 Å². The van der Waals surface area contributed by atoms with Crippen LogP contribution in [0.25, 0.3) is 0 Å². The largest absolute Gasteiger partial charge is 0.417 e. The summed E-state index contributed by atoms with van der Waals surface area (Å²) in [6.07, 6.45) is -2.84. The molecule has 1 aliphatic rings. The minimum Gasteiger partial charge on any atom is -0.378 e. The van der Waals surface area contributed by atoms with Crippen molar-refractivity contribution in [3.8, 4) is 0 Å². The zero-order valence-corrected chi connectivity index (χ0v) is 11.4. The van der Waals surface area contributed by atoms with Gasteiger partial charge in [-0.2, -0.15) is 13.2 Å². The van der Waals surface area contributed by atoms with Crippen LogP contribution in [0.4, 0.5) is 13.2 Å². The highest BCUT2D eigenvalue weighted by atomic mass is 19.4. The summed E-state index contributed by atoms with van der Waals surface area (Å²) in [5, 5.41) is 11.0. The van der Waals surface area contributed by atoms with Gasteiger partial charge in [0, 0.05) is 24.4 Å². The quantitative estimate of drug-likeness (QED) is 0.631. The van der Waals surface area contributed by atoms with Gasteiger partial charge >= 0.3 is 11.9 Å². The van der Waals surface area contributed by atoms with E-state index in [9.17, 15) is 23.3 Å². The van der Waals surface area contributed by atoms with Crippen molar-refractivity contribution >= 4 is 5.71 Å². The normalized spacial score (nSPS) is 22.5. The molecule has 22 heavy (non-hydrogen) atoms. The number of hydrogen-bond acceptors (Lipinski definition) is 6. The molecule has 4 N–H and O–H groups in total. The van der Waals surface area contributed by atoms with Crippen molar-refractivity contribution in [1.29, 1.82) is 0 Å². The fourth-order valence-corrected chi connectivity index (χ4v) is 2.18. The third-order valence-electron chi connectivity index (χ3n) is 3.16. The molecule has 0 fully saturated rings. The Morgan fingerprint density at radius 1 is 1.41 bits per heavy atom. The first kappa shape index (κ1) is 15.9. The molecule has 2 heterocycles. The van der Waals surface area contributed by atoms with Crippen LogP contribution in [0.1, 0.15) is 24.5 Å². The summed E-state index contributed by atoms with van der Waals surface area (Å²) < 4.78 is 38.1. The Morgan fingerprint density at radius 3 is 2.55 bits per heavy atom. The fraction of sp³-hybridized carbons (Fsp3) is 0.333. The molecule has 0 aromatic carbocycles. The topological polar surface area (TPSA) is 120 Å². The standard InChI is InChI=1S/C12H12F3N5O2/c1-11(17)3-8(19-10(16)9(11)20(21)22)6-2-7(5-18-4-6)12(13,14)15/h2,4-5H,3,16-17H2,1H3. The summed E-state index contributed by atoms with van der Waals surface area (Å²) in [6.45, 7) is 1.37. The number of alkyl halides is 3. The third-order valence-corrected chi connectivity index (χ3v) is 3.16. The molecule has 0 amide bonds. The molecule has 0 radical (unpaired) electrons. The number of nitro groups is 1. The maximum absolute atomic E-state index is 12.7. The van der Waals surface area contributed by atoms with Crippen molar-refractivity contribution in [1.82, 2.24) is 4.98 Å². The number of nitrogens with two attached hydrogens (primary N) is 2. The highest BCUT2D eigenvalue weighted by Crippen LogP contribution is 2.31. The molecule has 118 valence electrons. The van der Waals surface area contributed by atoms with Crippen LogP contribution < -0.4 is 11.5 Å². The van der Waals surface area contributed by atoms with Gasteiger partial charge in [-0.05, 0) is 13.0 Å². The van der Waals surface area contributed by atoms with Crippen LogP contribution in [0, 0.1) is 10.1 Å². The molecular weight excluding hydrogens is 303 g/mol. The molecule has 0 bridgehead atoms. The first-order valence-electron chi connectivity index (χ1n) is 6.06. The average Bonchev–Trinajstić information content (AvgIpc) is 2.35. The van der Waals surface area contributed by atoms with Crippen molar-refractivity contribution in [3.05, 3.63) is 51.2 Å². The second-order valence-corrected chi connectivity index (χ2v) is 5.10. The van der Waals surface area contributed by atoms with Crippen molar-refractivity contribution in [2.45, 2.75) is 25.1 Å². The van der Waals surface area contributed by atoms with Crippen molar-refractivity contribution in [2.24, 2.45) is 16.5 Å². The summed E-state index contributed by atoms with van der Waals surface area (Å²) in [4.78, 5) is 17.6. The molecule has 0 aliphatic carbocycles. The Morgan fingerprint density at radius 2 is 2.05 bits per heavy atom. The third kappa shape index (κ3) is 2.91. The number of hydrogen-bond donors (Lipinski definition) is 2. The molecule has 1 unspecified atom stereocenters. The predicted octanol–water partition coefficient (Wildman–Crippen LogP) is 1.42. The Kier molecular flexibility index (Phi) is 3.65. The molecule has 0 spiro atoms. The Balaban J connectivity index is 2.52. The van der Waals surface area contributed by atoms with Gasteiger partial charge in [0.1, 0.15) is 5.54 Å². The van der Waals surface area contributed by atoms with Crippen LogP contribution in [-0.4, -0.2) is 21.2 Å². The summed E-state index contributed by atoms with van der Waals surface area (Å²) in [5.41, 5.74) is 8.72. The number of aromatic nitrogens is 1. The second kappa shape index (κ2) is 5.05. The van der Waals surface area contributed by atoms with E-state index in [0.717, 1.165) is 6.07 Å². The van der Waals surface area contributed by atoms with Gasteiger partial charge in [-0.1, -0.05) is 0 Å².